The lowest BCUT2D eigenvalue weighted by molar-refractivity contribution is -0.134. The number of amides is 1. The molecule has 1 fully saturated rings. The first-order chi connectivity index (χ1) is 7.93. The Hall–Kier alpha value is -1.49. The van der Waals surface area contributed by atoms with Gasteiger partial charge in [-0.2, -0.15) is 0 Å². The molecule has 1 N–H and O–H groups in total. The van der Waals surface area contributed by atoms with Crippen molar-refractivity contribution >= 4 is 17.5 Å². The zero-order valence-electron chi connectivity index (χ0n) is 10.1. The van der Waals surface area contributed by atoms with Crippen LogP contribution in [0, 0.1) is 5.92 Å². The van der Waals surface area contributed by atoms with Crippen LogP contribution in [0.1, 0.15) is 27.2 Å². The molecule has 5 nitrogen and oxygen atoms in total. The number of carbonyl (C=O) groups excluding carboxylic acids is 3. The molecule has 2 rings (SSSR count). The Morgan fingerprint density at radius 2 is 2.24 bits per heavy atom. The Balaban J connectivity index is 2.22. The predicted molar refractivity (Wildman–Crippen MR) is 59.0 cm³/mol. The van der Waals surface area contributed by atoms with Crippen LogP contribution in [0.15, 0.2) is 11.8 Å². The van der Waals surface area contributed by atoms with Gasteiger partial charge in [-0.3, -0.25) is 14.4 Å². The van der Waals surface area contributed by atoms with Gasteiger partial charge in [0.15, 0.2) is 11.9 Å². The van der Waals surface area contributed by atoms with Crippen molar-refractivity contribution in [2.75, 3.05) is 0 Å². The molecule has 5 heteroatoms. The monoisotopic (exact) mass is 237 g/mol. The molecular formula is C12H15NO4. The van der Waals surface area contributed by atoms with Gasteiger partial charge in [-0.1, -0.05) is 13.8 Å². The summed E-state index contributed by atoms with van der Waals surface area (Å²) in [5.74, 6) is -1.33. The number of hydrogen-bond acceptors (Lipinski definition) is 4. The molecule has 1 saturated heterocycles. The Bertz CT molecular complexity index is 440. The summed E-state index contributed by atoms with van der Waals surface area (Å²) in [5, 5.41) is 2.53. The van der Waals surface area contributed by atoms with E-state index in [0.29, 0.717) is 12.1 Å². The first-order valence-electron chi connectivity index (χ1n) is 5.69. The van der Waals surface area contributed by atoms with Crippen molar-refractivity contribution in [2.45, 2.75) is 38.9 Å². The minimum Gasteiger partial charge on any atom is -0.339 e. The van der Waals surface area contributed by atoms with E-state index in [-0.39, 0.29) is 11.7 Å². The van der Waals surface area contributed by atoms with Gasteiger partial charge < -0.3 is 10.1 Å². The first kappa shape index (κ1) is 12.0. The van der Waals surface area contributed by atoms with E-state index in [1.54, 1.807) is 13.8 Å². The van der Waals surface area contributed by atoms with Gasteiger partial charge in [0.25, 0.3) is 5.91 Å². The van der Waals surface area contributed by atoms with Crippen molar-refractivity contribution in [3.05, 3.63) is 11.8 Å². The number of epoxide rings is 1. The van der Waals surface area contributed by atoms with Crippen molar-refractivity contribution < 1.29 is 19.1 Å². The van der Waals surface area contributed by atoms with Gasteiger partial charge in [-0.15, -0.1) is 0 Å². The van der Waals surface area contributed by atoms with Crippen LogP contribution in [0.2, 0.25) is 0 Å². The van der Waals surface area contributed by atoms with Crippen molar-refractivity contribution in [3.8, 4) is 0 Å². The van der Waals surface area contributed by atoms with E-state index in [4.69, 9.17) is 4.74 Å². The SMILES string of the molecule is CCC(C)C(=O)C1OC12C(=O)C=C(C)NC2=O. The van der Waals surface area contributed by atoms with Crippen molar-refractivity contribution in [1.29, 1.82) is 0 Å². The maximum Gasteiger partial charge on any atom is 0.267 e. The van der Waals surface area contributed by atoms with Gasteiger partial charge >= 0.3 is 0 Å². The van der Waals surface area contributed by atoms with E-state index < -0.39 is 23.4 Å². The maximum absolute atomic E-state index is 11.9. The number of Topliss-reactive ketones (excluding diaryl/α,β-unsaturated/α-hetero) is 1. The van der Waals surface area contributed by atoms with Crippen LogP contribution in [0.5, 0.6) is 0 Å². The van der Waals surface area contributed by atoms with E-state index in [1.807, 2.05) is 6.92 Å². The van der Waals surface area contributed by atoms with Crippen molar-refractivity contribution in [2.24, 2.45) is 5.92 Å². The average Bonchev–Trinajstić information content (AvgIpc) is 3.01. The number of hydrogen-bond donors (Lipinski definition) is 1. The average molecular weight is 237 g/mol. The van der Waals surface area contributed by atoms with Crippen LogP contribution in [0.25, 0.3) is 0 Å². The van der Waals surface area contributed by atoms with E-state index in [2.05, 4.69) is 5.32 Å². The minimum absolute atomic E-state index is 0.177. The molecule has 0 aromatic rings. The van der Waals surface area contributed by atoms with Gasteiger partial charge in [-0.25, -0.2) is 0 Å². The van der Waals surface area contributed by atoms with Crippen LogP contribution in [-0.4, -0.2) is 29.2 Å². The van der Waals surface area contributed by atoms with Crippen LogP contribution in [0.4, 0.5) is 0 Å². The molecule has 2 aliphatic rings. The molecular weight excluding hydrogens is 222 g/mol. The molecule has 0 radical (unpaired) electrons. The molecule has 17 heavy (non-hydrogen) atoms. The molecule has 92 valence electrons. The summed E-state index contributed by atoms with van der Waals surface area (Å²) < 4.78 is 5.15. The number of ether oxygens (including phenoxy) is 1. The molecule has 0 aliphatic carbocycles. The molecule has 0 aromatic carbocycles. The van der Waals surface area contributed by atoms with Crippen molar-refractivity contribution in [1.82, 2.24) is 5.32 Å². The summed E-state index contributed by atoms with van der Waals surface area (Å²) in [6.45, 7) is 5.27. The van der Waals surface area contributed by atoms with Gasteiger partial charge in [-0.05, 0) is 13.3 Å². The number of nitrogens with one attached hydrogen (secondary N) is 1. The zero-order chi connectivity index (χ0) is 12.8. The molecule has 0 bridgehead atoms. The molecule has 1 spiro atoms. The maximum atomic E-state index is 11.9. The summed E-state index contributed by atoms with van der Waals surface area (Å²) in [7, 11) is 0. The highest BCUT2D eigenvalue weighted by atomic mass is 16.6. The summed E-state index contributed by atoms with van der Waals surface area (Å²) in [5.41, 5.74) is -1.09. The third-order valence-corrected chi connectivity index (χ3v) is 3.33. The second kappa shape index (κ2) is 3.77. The summed E-state index contributed by atoms with van der Waals surface area (Å²) in [6, 6.07) is 0. The van der Waals surface area contributed by atoms with Gasteiger partial charge in [0.2, 0.25) is 11.4 Å². The quantitative estimate of drug-likeness (QED) is 0.567. The fourth-order valence-electron chi connectivity index (χ4n) is 1.95. The number of rotatable bonds is 3. The normalized spacial score (nSPS) is 33.1. The lowest BCUT2D eigenvalue weighted by atomic mass is 9.88. The smallest absolute Gasteiger partial charge is 0.267 e. The van der Waals surface area contributed by atoms with E-state index in [1.165, 1.54) is 6.08 Å². The first-order valence-corrected chi connectivity index (χ1v) is 5.69. The van der Waals surface area contributed by atoms with E-state index in [9.17, 15) is 14.4 Å². The zero-order valence-corrected chi connectivity index (χ0v) is 10.1. The van der Waals surface area contributed by atoms with E-state index >= 15 is 0 Å². The third kappa shape index (κ3) is 1.61. The number of ketones is 2. The van der Waals surface area contributed by atoms with Crippen LogP contribution in [0.3, 0.4) is 0 Å². The number of allylic oxidation sites excluding steroid dienone is 1. The van der Waals surface area contributed by atoms with Gasteiger partial charge in [0.05, 0.1) is 0 Å². The summed E-state index contributed by atoms with van der Waals surface area (Å²) in [6.07, 6.45) is 1.07. The van der Waals surface area contributed by atoms with Crippen molar-refractivity contribution in [3.63, 3.8) is 0 Å². The second-order valence-corrected chi connectivity index (χ2v) is 4.59. The molecule has 2 aliphatic heterocycles. The molecule has 0 saturated carbocycles. The fraction of sp³-hybridized carbons (Fsp3) is 0.583. The molecule has 1 amide bonds. The lowest BCUT2D eigenvalue weighted by Crippen LogP contribution is -2.49. The molecule has 0 aromatic heterocycles. The standard InChI is InChI=1S/C12H15NO4/c1-4-6(2)9(15)10-12(17-10)8(14)5-7(3)13-11(12)16/h5-6,10H,4H2,1-3H3,(H,13,16). The Morgan fingerprint density at radius 1 is 1.59 bits per heavy atom. The number of carbonyl (C=O) groups is 3. The Labute approximate surface area is 99.2 Å². The Kier molecular flexibility index (Phi) is 2.66. The minimum atomic E-state index is -1.57. The molecule has 3 atom stereocenters. The topological polar surface area (TPSA) is 75.8 Å². The van der Waals surface area contributed by atoms with Gasteiger partial charge in [0, 0.05) is 17.7 Å². The van der Waals surface area contributed by atoms with Crippen LogP contribution < -0.4 is 5.32 Å². The molecule has 2 heterocycles. The summed E-state index contributed by atoms with van der Waals surface area (Å²) >= 11 is 0. The van der Waals surface area contributed by atoms with Crippen LogP contribution >= 0.6 is 0 Å². The lowest BCUT2D eigenvalue weighted by Gasteiger charge is -2.16. The highest BCUT2D eigenvalue weighted by Gasteiger charge is 2.71. The fourth-order valence-corrected chi connectivity index (χ4v) is 1.95. The second-order valence-electron chi connectivity index (χ2n) is 4.59. The third-order valence-electron chi connectivity index (χ3n) is 3.33. The predicted octanol–water partition coefficient (Wildman–Crippen LogP) is 0.342. The van der Waals surface area contributed by atoms with Gasteiger partial charge in [0.1, 0.15) is 0 Å². The largest absolute Gasteiger partial charge is 0.339 e. The van der Waals surface area contributed by atoms with Crippen LogP contribution in [-0.2, 0) is 19.1 Å². The Morgan fingerprint density at radius 3 is 2.76 bits per heavy atom. The van der Waals surface area contributed by atoms with E-state index in [0.717, 1.165) is 0 Å². The molecule has 3 unspecified atom stereocenters. The highest BCUT2D eigenvalue weighted by molar-refractivity contribution is 6.23. The summed E-state index contributed by atoms with van der Waals surface area (Å²) in [4.78, 5) is 35.5. The highest BCUT2D eigenvalue weighted by Crippen LogP contribution is 2.42.